The SMILES string of the molecule is CC1CCC(=O)c2c(Br)cc3c(c21)OCC3. The molecule has 1 heterocycles. The molecule has 2 nitrogen and oxygen atoms in total. The normalized spacial score (nSPS) is 22.6. The second-order valence-electron chi connectivity index (χ2n) is 4.60. The molecule has 1 aliphatic carbocycles. The van der Waals surface area contributed by atoms with E-state index >= 15 is 0 Å². The molecule has 1 aromatic carbocycles. The minimum atomic E-state index is 0.248. The predicted molar refractivity (Wildman–Crippen MR) is 65.3 cm³/mol. The zero-order valence-electron chi connectivity index (χ0n) is 9.18. The summed E-state index contributed by atoms with van der Waals surface area (Å²) in [5, 5.41) is 0. The molecule has 1 aliphatic heterocycles. The number of carbonyl (C=O) groups excluding carboxylic acids is 1. The van der Waals surface area contributed by atoms with Crippen molar-refractivity contribution in [2.75, 3.05) is 6.61 Å². The molecule has 1 aromatic rings. The van der Waals surface area contributed by atoms with Gasteiger partial charge in [0.1, 0.15) is 5.75 Å². The maximum absolute atomic E-state index is 12.0. The van der Waals surface area contributed by atoms with Crippen LogP contribution in [-0.4, -0.2) is 12.4 Å². The molecule has 2 aliphatic rings. The van der Waals surface area contributed by atoms with Crippen molar-refractivity contribution in [3.8, 4) is 5.75 Å². The molecule has 84 valence electrons. The van der Waals surface area contributed by atoms with Gasteiger partial charge in [-0.3, -0.25) is 4.79 Å². The monoisotopic (exact) mass is 280 g/mol. The highest BCUT2D eigenvalue weighted by Crippen LogP contribution is 2.45. The minimum Gasteiger partial charge on any atom is -0.493 e. The number of halogens is 1. The van der Waals surface area contributed by atoms with Gasteiger partial charge in [-0.1, -0.05) is 22.9 Å². The Bertz CT molecular complexity index is 479. The smallest absolute Gasteiger partial charge is 0.164 e. The van der Waals surface area contributed by atoms with Crippen LogP contribution >= 0.6 is 15.9 Å². The first-order valence-corrected chi connectivity index (χ1v) is 6.49. The molecule has 0 radical (unpaired) electrons. The minimum absolute atomic E-state index is 0.248. The van der Waals surface area contributed by atoms with Crippen molar-refractivity contribution >= 4 is 21.7 Å². The summed E-state index contributed by atoms with van der Waals surface area (Å²) in [5.74, 6) is 1.66. The summed E-state index contributed by atoms with van der Waals surface area (Å²) in [6.45, 7) is 2.93. The molecule has 16 heavy (non-hydrogen) atoms. The quantitative estimate of drug-likeness (QED) is 0.728. The summed E-state index contributed by atoms with van der Waals surface area (Å²) >= 11 is 3.53. The van der Waals surface area contributed by atoms with Gasteiger partial charge in [0.05, 0.1) is 6.61 Å². The van der Waals surface area contributed by atoms with Gasteiger partial charge in [-0.25, -0.2) is 0 Å². The van der Waals surface area contributed by atoms with E-state index < -0.39 is 0 Å². The summed E-state index contributed by atoms with van der Waals surface area (Å²) in [6.07, 6.45) is 2.56. The van der Waals surface area contributed by atoms with Gasteiger partial charge < -0.3 is 4.74 Å². The lowest BCUT2D eigenvalue weighted by Gasteiger charge is -2.24. The summed E-state index contributed by atoms with van der Waals surface area (Å²) in [5.41, 5.74) is 3.24. The van der Waals surface area contributed by atoms with E-state index in [0.29, 0.717) is 12.3 Å². The van der Waals surface area contributed by atoms with Gasteiger partial charge in [0.15, 0.2) is 5.78 Å². The fourth-order valence-corrected chi connectivity index (χ4v) is 3.41. The van der Waals surface area contributed by atoms with E-state index in [4.69, 9.17) is 4.74 Å². The van der Waals surface area contributed by atoms with E-state index in [-0.39, 0.29) is 5.78 Å². The Hall–Kier alpha value is -0.830. The van der Waals surface area contributed by atoms with Crippen LogP contribution in [-0.2, 0) is 6.42 Å². The Morgan fingerprint density at radius 2 is 2.25 bits per heavy atom. The van der Waals surface area contributed by atoms with Crippen LogP contribution in [0.5, 0.6) is 5.75 Å². The molecule has 0 fully saturated rings. The van der Waals surface area contributed by atoms with Crippen LogP contribution < -0.4 is 4.74 Å². The lowest BCUT2D eigenvalue weighted by atomic mass is 9.81. The molecular weight excluding hydrogens is 268 g/mol. The molecule has 3 heteroatoms. The standard InChI is InChI=1S/C13H13BrO2/c1-7-2-3-10(15)12-9(14)6-8-4-5-16-13(8)11(7)12/h6-7H,2-5H2,1H3. The Kier molecular flexibility index (Phi) is 2.32. The number of rotatable bonds is 0. The molecule has 0 spiro atoms. The molecule has 0 bridgehead atoms. The second kappa shape index (κ2) is 3.59. The summed E-state index contributed by atoms with van der Waals surface area (Å²) < 4.78 is 6.65. The lowest BCUT2D eigenvalue weighted by Crippen LogP contribution is -2.15. The predicted octanol–water partition coefficient (Wildman–Crippen LogP) is 3.46. The van der Waals surface area contributed by atoms with E-state index in [0.717, 1.165) is 40.8 Å². The van der Waals surface area contributed by atoms with Crippen LogP contribution in [0.15, 0.2) is 10.5 Å². The van der Waals surface area contributed by atoms with Gasteiger partial charge in [0, 0.05) is 28.4 Å². The van der Waals surface area contributed by atoms with Gasteiger partial charge in [0.2, 0.25) is 0 Å². The van der Waals surface area contributed by atoms with E-state index in [1.54, 1.807) is 0 Å². The molecule has 0 saturated carbocycles. The Morgan fingerprint density at radius 3 is 3.06 bits per heavy atom. The topological polar surface area (TPSA) is 26.3 Å². The number of benzene rings is 1. The fraction of sp³-hybridized carbons (Fsp3) is 0.462. The number of hydrogen-bond acceptors (Lipinski definition) is 2. The summed E-state index contributed by atoms with van der Waals surface area (Å²) in [6, 6.07) is 2.05. The molecular formula is C13H13BrO2. The molecule has 0 amide bonds. The number of Topliss-reactive ketones (excluding diaryl/α,β-unsaturated/α-hetero) is 1. The van der Waals surface area contributed by atoms with Crippen LogP contribution in [0.3, 0.4) is 0 Å². The maximum atomic E-state index is 12.0. The third kappa shape index (κ3) is 1.34. The number of ether oxygens (including phenoxy) is 1. The number of ketones is 1. The van der Waals surface area contributed by atoms with Crippen molar-refractivity contribution in [2.24, 2.45) is 0 Å². The highest BCUT2D eigenvalue weighted by Gasteiger charge is 2.31. The molecule has 3 rings (SSSR count). The van der Waals surface area contributed by atoms with Crippen molar-refractivity contribution in [3.63, 3.8) is 0 Å². The van der Waals surface area contributed by atoms with Crippen LogP contribution in [0.2, 0.25) is 0 Å². The zero-order chi connectivity index (χ0) is 11.3. The van der Waals surface area contributed by atoms with Crippen LogP contribution in [0.25, 0.3) is 0 Å². The first-order chi connectivity index (χ1) is 7.68. The highest BCUT2D eigenvalue weighted by molar-refractivity contribution is 9.10. The van der Waals surface area contributed by atoms with Crippen LogP contribution in [0.1, 0.15) is 47.2 Å². The second-order valence-corrected chi connectivity index (χ2v) is 5.45. The van der Waals surface area contributed by atoms with Crippen molar-refractivity contribution in [1.82, 2.24) is 0 Å². The van der Waals surface area contributed by atoms with E-state index in [1.165, 1.54) is 5.56 Å². The molecule has 1 atom stereocenters. The third-order valence-electron chi connectivity index (χ3n) is 3.54. The largest absolute Gasteiger partial charge is 0.493 e. The van der Waals surface area contributed by atoms with Crippen molar-refractivity contribution in [3.05, 3.63) is 27.2 Å². The third-order valence-corrected chi connectivity index (χ3v) is 4.16. The number of fused-ring (bicyclic) bond motifs is 3. The van der Waals surface area contributed by atoms with Gasteiger partial charge in [-0.05, 0) is 24.0 Å². The Balaban J connectivity index is 2.31. The molecule has 0 saturated heterocycles. The number of carbonyl (C=O) groups is 1. The van der Waals surface area contributed by atoms with Gasteiger partial charge in [-0.15, -0.1) is 0 Å². The summed E-state index contributed by atoms with van der Waals surface area (Å²) in [4.78, 5) is 12.0. The van der Waals surface area contributed by atoms with Crippen LogP contribution in [0, 0.1) is 0 Å². The van der Waals surface area contributed by atoms with E-state index in [1.807, 2.05) is 0 Å². The molecule has 1 unspecified atom stereocenters. The van der Waals surface area contributed by atoms with Crippen molar-refractivity contribution in [1.29, 1.82) is 0 Å². The number of hydrogen-bond donors (Lipinski definition) is 0. The average molecular weight is 281 g/mol. The van der Waals surface area contributed by atoms with Crippen molar-refractivity contribution in [2.45, 2.75) is 32.1 Å². The molecule has 0 N–H and O–H groups in total. The fourth-order valence-electron chi connectivity index (χ4n) is 2.70. The van der Waals surface area contributed by atoms with Gasteiger partial charge >= 0.3 is 0 Å². The first-order valence-electron chi connectivity index (χ1n) is 5.69. The lowest BCUT2D eigenvalue weighted by molar-refractivity contribution is 0.0966. The first kappa shape index (κ1) is 10.3. The average Bonchev–Trinajstić information content (AvgIpc) is 2.70. The van der Waals surface area contributed by atoms with E-state index in [9.17, 15) is 4.79 Å². The highest BCUT2D eigenvalue weighted by atomic mass is 79.9. The Labute approximate surface area is 103 Å². The van der Waals surface area contributed by atoms with Crippen LogP contribution in [0.4, 0.5) is 0 Å². The summed E-state index contributed by atoms with van der Waals surface area (Å²) in [7, 11) is 0. The zero-order valence-corrected chi connectivity index (χ0v) is 10.8. The van der Waals surface area contributed by atoms with Gasteiger partial charge in [-0.2, -0.15) is 0 Å². The molecule has 0 aromatic heterocycles. The van der Waals surface area contributed by atoms with Gasteiger partial charge in [0.25, 0.3) is 0 Å². The maximum Gasteiger partial charge on any atom is 0.164 e. The van der Waals surface area contributed by atoms with Crippen molar-refractivity contribution < 1.29 is 9.53 Å². The van der Waals surface area contributed by atoms with E-state index in [2.05, 4.69) is 28.9 Å². The Morgan fingerprint density at radius 1 is 1.44 bits per heavy atom.